The highest BCUT2D eigenvalue weighted by Gasteiger charge is 2.26. The molecule has 8 nitrogen and oxygen atoms in total. The van der Waals surface area contributed by atoms with Crippen LogP contribution in [0.4, 0.5) is 0 Å². The highest BCUT2D eigenvalue weighted by molar-refractivity contribution is 6.02. The number of aromatic nitrogens is 4. The Morgan fingerprint density at radius 1 is 1.23 bits per heavy atom. The molecule has 1 aromatic carbocycles. The molecule has 134 valence electrons. The first kappa shape index (κ1) is 17.6. The second kappa shape index (κ2) is 7.75. The number of benzene rings is 1. The van der Waals surface area contributed by atoms with Gasteiger partial charge in [0.25, 0.3) is 5.91 Å². The van der Waals surface area contributed by atoms with Crippen molar-refractivity contribution in [1.82, 2.24) is 19.7 Å². The van der Waals surface area contributed by atoms with E-state index in [0.29, 0.717) is 41.4 Å². The van der Waals surface area contributed by atoms with Gasteiger partial charge < -0.3 is 15.2 Å². The Morgan fingerprint density at radius 2 is 2.04 bits per heavy atom. The van der Waals surface area contributed by atoms with E-state index in [0.717, 1.165) is 0 Å². The summed E-state index contributed by atoms with van der Waals surface area (Å²) >= 11 is 0. The van der Waals surface area contributed by atoms with Gasteiger partial charge in [-0.15, -0.1) is 0 Å². The molecule has 0 radical (unpaired) electrons. The number of carbonyl (C=O) groups is 1. The van der Waals surface area contributed by atoms with E-state index in [1.165, 1.54) is 4.68 Å². The predicted octanol–water partition coefficient (Wildman–Crippen LogP) is 1.76. The normalized spacial score (nSPS) is 10.7. The van der Waals surface area contributed by atoms with Gasteiger partial charge in [-0.2, -0.15) is 5.10 Å². The Hall–Kier alpha value is -3.26. The second-order valence-corrected chi connectivity index (χ2v) is 5.44. The summed E-state index contributed by atoms with van der Waals surface area (Å²) in [5.41, 5.74) is 8.27. The van der Waals surface area contributed by atoms with Crippen LogP contribution in [0.15, 0.2) is 42.9 Å². The summed E-state index contributed by atoms with van der Waals surface area (Å²) in [6, 6.07) is 7.37. The minimum atomic E-state index is -0.593. The molecule has 0 unspecified atom stereocenters. The van der Waals surface area contributed by atoms with Crippen LogP contribution >= 0.6 is 0 Å². The Kier molecular flexibility index (Phi) is 5.23. The summed E-state index contributed by atoms with van der Waals surface area (Å²) in [4.78, 5) is 20.7. The van der Waals surface area contributed by atoms with E-state index in [9.17, 15) is 4.79 Å². The van der Waals surface area contributed by atoms with Crippen LogP contribution in [0.5, 0.6) is 5.75 Å². The molecule has 2 heterocycles. The van der Waals surface area contributed by atoms with Gasteiger partial charge in [0.05, 0.1) is 26.5 Å². The number of hydrogen-bond donors (Lipinski definition) is 1. The Morgan fingerprint density at radius 3 is 2.69 bits per heavy atom. The summed E-state index contributed by atoms with van der Waals surface area (Å²) in [6.45, 7) is 0.754. The summed E-state index contributed by atoms with van der Waals surface area (Å²) in [5, 5.41) is 4.57. The lowest BCUT2D eigenvalue weighted by Gasteiger charge is -2.10. The molecule has 3 rings (SSSR count). The van der Waals surface area contributed by atoms with Gasteiger partial charge in [0.1, 0.15) is 22.8 Å². The summed E-state index contributed by atoms with van der Waals surface area (Å²) in [5.74, 6) is 0.0103. The topological polar surface area (TPSA) is 105 Å². The fraction of sp³-hybridized carbons (Fsp3) is 0.222. The van der Waals surface area contributed by atoms with Crippen LogP contribution in [-0.4, -0.2) is 46.5 Å². The average Bonchev–Trinajstić information content (AvgIpc) is 3.06. The highest BCUT2D eigenvalue weighted by atomic mass is 16.5. The smallest absolute Gasteiger partial charge is 0.267 e. The molecule has 3 aromatic rings. The van der Waals surface area contributed by atoms with Gasteiger partial charge >= 0.3 is 0 Å². The van der Waals surface area contributed by atoms with Gasteiger partial charge in [-0.25, -0.2) is 0 Å². The van der Waals surface area contributed by atoms with Gasteiger partial charge in [-0.3, -0.25) is 19.4 Å². The monoisotopic (exact) mass is 353 g/mol. The molecule has 0 saturated heterocycles. The molecule has 0 spiro atoms. The van der Waals surface area contributed by atoms with Gasteiger partial charge in [-0.1, -0.05) is 18.2 Å². The number of ether oxygens (including phenoxy) is 2. The lowest BCUT2D eigenvalue weighted by Crippen LogP contribution is -2.20. The molecule has 0 fully saturated rings. The van der Waals surface area contributed by atoms with Crippen molar-refractivity contribution in [2.45, 2.75) is 6.54 Å². The molecule has 0 saturated carbocycles. The Balaban J connectivity index is 2.31. The van der Waals surface area contributed by atoms with Crippen LogP contribution in [0, 0.1) is 0 Å². The Labute approximate surface area is 150 Å². The maximum Gasteiger partial charge on any atom is 0.267 e. The van der Waals surface area contributed by atoms with E-state index in [2.05, 4.69) is 15.1 Å². The molecule has 0 aliphatic carbocycles. The van der Waals surface area contributed by atoms with Gasteiger partial charge in [0, 0.05) is 30.6 Å². The highest BCUT2D eigenvalue weighted by Crippen LogP contribution is 2.38. The zero-order valence-electron chi connectivity index (χ0n) is 14.5. The molecule has 2 N–H and O–H groups in total. The van der Waals surface area contributed by atoms with Crippen LogP contribution in [0.3, 0.4) is 0 Å². The minimum Gasteiger partial charge on any atom is -0.496 e. The third kappa shape index (κ3) is 3.27. The quantitative estimate of drug-likeness (QED) is 0.694. The predicted molar refractivity (Wildman–Crippen MR) is 95.6 cm³/mol. The summed E-state index contributed by atoms with van der Waals surface area (Å²) in [7, 11) is 3.15. The number of nitrogens with two attached hydrogens (primary N) is 1. The summed E-state index contributed by atoms with van der Waals surface area (Å²) < 4.78 is 12.1. The number of amides is 1. The molecular weight excluding hydrogens is 334 g/mol. The van der Waals surface area contributed by atoms with Crippen LogP contribution in [0.25, 0.3) is 22.5 Å². The second-order valence-electron chi connectivity index (χ2n) is 5.44. The molecule has 26 heavy (non-hydrogen) atoms. The van der Waals surface area contributed by atoms with Gasteiger partial charge in [0.15, 0.2) is 0 Å². The third-order valence-electron chi connectivity index (χ3n) is 3.88. The zero-order valence-corrected chi connectivity index (χ0v) is 14.5. The SMILES string of the molecule is COCCn1nc(-c2cnccn2)c(-c2ccccc2OC)c1C(N)=O. The molecular formula is C18H19N5O3. The molecule has 0 aliphatic rings. The van der Waals surface area contributed by atoms with Crippen molar-refractivity contribution in [2.75, 3.05) is 20.8 Å². The maximum absolute atomic E-state index is 12.3. The van der Waals surface area contributed by atoms with E-state index < -0.39 is 5.91 Å². The maximum atomic E-state index is 12.3. The van der Waals surface area contributed by atoms with Crippen LogP contribution in [0.1, 0.15) is 10.5 Å². The van der Waals surface area contributed by atoms with Gasteiger partial charge in [-0.05, 0) is 6.07 Å². The average molecular weight is 353 g/mol. The molecule has 0 bridgehead atoms. The first-order valence-corrected chi connectivity index (χ1v) is 7.96. The molecule has 0 aliphatic heterocycles. The van der Waals surface area contributed by atoms with Gasteiger partial charge in [0.2, 0.25) is 0 Å². The number of para-hydroxylation sites is 1. The van der Waals surface area contributed by atoms with Crippen molar-refractivity contribution in [3.63, 3.8) is 0 Å². The van der Waals surface area contributed by atoms with E-state index in [4.69, 9.17) is 15.2 Å². The van der Waals surface area contributed by atoms with E-state index >= 15 is 0 Å². The Bertz CT molecular complexity index is 908. The standard InChI is InChI=1S/C18H19N5O3/c1-25-10-9-23-17(18(19)24)15(12-5-3-4-6-14(12)26-2)16(22-23)13-11-20-7-8-21-13/h3-8,11H,9-10H2,1-2H3,(H2,19,24). The fourth-order valence-electron chi connectivity index (χ4n) is 2.76. The number of rotatable bonds is 7. The fourth-order valence-corrected chi connectivity index (χ4v) is 2.76. The third-order valence-corrected chi connectivity index (χ3v) is 3.88. The number of hydrogen-bond acceptors (Lipinski definition) is 6. The number of nitrogens with zero attached hydrogens (tertiary/aromatic N) is 4. The first-order valence-electron chi connectivity index (χ1n) is 7.96. The van der Waals surface area contributed by atoms with Crippen molar-refractivity contribution in [1.29, 1.82) is 0 Å². The van der Waals surface area contributed by atoms with Crippen molar-refractivity contribution >= 4 is 5.91 Å². The van der Waals surface area contributed by atoms with Crippen LogP contribution in [-0.2, 0) is 11.3 Å². The number of primary amides is 1. The molecule has 2 aromatic heterocycles. The van der Waals surface area contributed by atoms with E-state index in [1.54, 1.807) is 32.8 Å². The molecule has 8 heteroatoms. The van der Waals surface area contributed by atoms with Crippen LogP contribution in [0.2, 0.25) is 0 Å². The zero-order chi connectivity index (χ0) is 18.5. The largest absolute Gasteiger partial charge is 0.496 e. The molecule has 0 atom stereocenters. The molecule has 1 amide bonds. The van der Waals surface area contributed by atoms with E-state index in [-0.39, 0.29) is 5.69 Å². The van der Waals surface area contributed by atoms with Crippen LogP contribution < -0.4 is 10.5 Å². The van der Waals surface area contributed by atoms with E-state index in [1.807, 2.05) is 24.3 Å². The van der Waals surface area contributed by atoms with Crippen molar-refractivity contribution in [2.24, 2.45) is 5.73 Å². The first-order chi connectivity index (χ1) is 12.7. The lowest BCUT2D eigenvalue weighted by atomic mass is 10.00. The minimum absolute atomic E-state index is 0.271. The number of methoxy groups -OCH3 is 2. The lowest BCUT2D eigenvalue weighted by molar-refractivity contribution is 0.0987. The van der Waals surface area contributed by atoms with Crippen molar-refractivity contribution in [3.8, 4) is 28.3 Å². The number of carbonyl (C=O) groups excluding carboxylic acids is 1. The van der Waals surface area contributed by atoms with Crippen molar-refractivity contribution in [3.05, 3.63) is 48.5 Å². The van der Waals surface area contributed by atoms with Crippen molar-refractivity contribution < 1.29 is 14.3 Å². The summed E-state index contributed by atoms with van der Waals surface area (Å²) in [6.07, 6.45) is 4.73.